The van der Waals surface area contributed by atoms with Gasteiger partial charge in [0.2, 0.25) is 0 Å². The average Bonchev–Trinajstić information content (AvgIpc) is 3.70. The van der Waals surface area contributed by atoms with Crippen molar-refractivity contribution >= 4 is 83.4 Å². The number of hydrogen-bond donors (Lipinski definition) is 0. The molecule has 0 aliphatic heterocycles. The molecule has 0 radical (unpaired) electrons. The van der Waals surface area contributed by atoms with E-state index < -0.39 is 0 Å². The molecule has 3 heteroatoms. The average molecular weight is 690 g/mol. The molecule has 2 nitrogen and oxygen atoms in total. The van der Waals surface area contributed by atoms with E-state index in [1.165, 1.54) is 63.0 Å². The van der Waals surface area contributed by atoms with Crippen LogP contribution in [0.1, 0.15) is 0 Å². The van der Waals surface area contributed by atoms with Crippen LogP contribution in [-0.4, -0.2) is 19.1 Å². The fraction of sp³-hybridized carbons (Fsp3) is 0. The minimum absolute atomic E-state index is 0.326. The molecule has 0 aliphatic carbocycles. The van der Waals surface area contributed by atoms with E-state index in [9.17, 15) is 0 Å². The third-order valence-electron chi connectivity index (χ3n) is 9.76. The second-order valence-electron chi connectivity index (χ2n) is 12.6. The first kappa shape index (κ1) is 28.2. The van der Waals surface area contributed by atoms with Gasteiger partial charge >= 0.3 is 256 Å². The summed E-state index contributed by atoms with van der Waals surface area (Å²) in [6, 6.07) is 66.7. The predicted octanol–water partition coefficient (Wildman–Crippen LogP) is 12.4. The van der Waals surface area contributed by atoms with Crippen LogP contribution in [0.5, 0.6) is 0 Å². The molecule has 2 heterocycles. The fourth-order valence-corrected chi connectivity index (χ4v) is 9.70. The number of fused-ring (bicyclic) bond motifs is 7. The van der Waals surface area contributed by atoms with Crippen LogP contribution in [0.3, 0.4) is 0 Å². The maximum absolute atomic E-state index is 2.42. The number of anilines is 3. The van der Waals surface area contributed by atoms with Gasteiger partial charge in [0.25, 0.3) is 0 Å². The van der Waals surface area contributed by atoms with Crippen LogP contribution in [0.2, 0.25) is 0 Å². The molecule has 0 fully saturated rings. The molecule has 230 valence electrons. The molecular formula is C46H30N2Se. The Kier molecular flexibility index (Phi) is 6.55. The molecule has 10 rings (SSSR count). The molecule has 0 spiro atoms. The van der Waals surface area contributed by atoms with Gasteiger partial charge in [-0.05, 0) is 5.39 Å². The molecule has 0 saturated heterocycles. The standard InChI is InChI=1S/C46H30N2Se/c1-2-12-35(13-3-1)48-43-16-8-6-14-39(43)40-26-24-38(30-44(40)48)47(37-25-27-46-42(29-37)41-15-7-9-17-45(41)49-46)36-22-20-32(21-23-36)34-19-18-31-10-4-5-11-33(31)28-34/h1-30H. The minimum atomic E-state index is 0.326. The summed E-state index contributed by atoms with van der Waals surface area (Å²) in [6.07, 6.45) is 0. The summed E-state index contributed by atoms with van der Waals surface area (Å²) in [5.74, 6) is 0. The number of rotatable bonds is 5. The zero-order chi connectivity index (χ0) is 32.3. The summed E-state index contributed by atoms with van der Waals surface area (Å²) >= 11 is 0.326. The molecule has 0 amide bonds. The molecule has 49 heavy (non-hydrogen) atoms. The Morgan fingerprint density at radius 2 is 1.00 bits per heavy atom. The third-order valence-corrected chi connectivity index (χ3v) is 12.2. The SMILES string of the molecule is c1ccc(-n2c3ccccc3c3ccc(N(c4ccc(-c5ccc6ccccc6c5)cc4)c4ccc5[se]c6ccccc6c5c4)cc32)cc1. The molecular weight excluding hydrogens is 659 g/mol. The van der Waals surface area contributed by atoms with Crippen molar-refractivity contribution in [3.63, 3.8) is 0 Å². The van der Waals surface area contributed by atoms with Crippen molar-refractivity contribution in [1.82, 2.24) is 4.57 Å². The first-order valence-electron chi connectivity index (χ1n) is 16.7. The van der Waals surface area contributed by atoms with Crippen molar-refractivity contribution in [2.24, 2.45) is 0 Å². The number of aromatic nitrogens is 1. The van der Waals surface area contributed by atoms with Gasteiger partial charge in [-0.2, -0.15) is 0 Å². The van der Waals surface area contributed by atoms with Crippen LogP contribution in [0.25, 0.3) is 68.7 Å². The Hall–Kier alpha value is -5.86. The van der Waals surface area contributed by atoms with Gasteiger partial charge in [-0.25, -0.2) is 0 Å². The van der Waals surface area contributed by atoms with Gasteiger partial charge in [-0.3, -0.25) is 0 Å². The van der Waals surface area contributed by atoms with Gasteiger partial charge < -0.3 is 0 Å². The summed E-state index contributed by atoms with van der Waals surface area (Å²) in [4.78, 5) is 2.42. The summed E-state index contributed by atoms with van der Waals surface area (Å²) < 4.78 is 5.31. The molecule has 0 aliphatic rings. The molecule has 0 bridgehead atoms. The van der Waals surface area contributed by atoms with Crippen molar-refractivity contribution in [3.05, 3.63) is 182 Å². The second kappa shape index (κ2) is 11.4. The first-order chi connectivity index (χ1) is 24.3. The van der Waals surface area contributed by atoms with Gasteiger partial charge in [0.05, 0.1) is 0 Å². The summed E-state index contributed by atoms with van der Waals surface area (Å²) in [5, 5.41) is 7.75. The van der Waals surface area contributed by atoms with Crippen molar-refractivity contribution in [3.8, 4) is 16.8 Å². The van der Waals surface area contributed by atoms with E-state index in [1.54, 1.807) is 0 Å². The zero-order valence-electron chi connectivity index (χ0n) is 26.6. The van der Waals surface area contributed by atoms with Gasteiger partial charge in [0.15, 0.2) is 0 Å². The summed E-state index contributed by atoms with van der Waals surface area (Å²) in [7, 11) is 0. The van der Waals surface area contributed by atoms with Crippen molar-refractivity contribution in [1.29, 1.82) is 0 Å². The predicted molar refractivity (Wildman–Crippen MR) is 210 cm³/mol. The molecule has 0 saturated carbocycles. The Bertz CT molecular complexity index is 2830. The van der Waals surface area contributed by atoms with Crippen molar-refractivity contribution in [2.75, 3.05) is 4.90 Å². The van der Waals surface area contributed by atoms with E-state index in [1.807, 2.05) is 0 Å². The van der Waals surface area contributed by atoms with Crippen LogP contribution in [0.15, 0.2) is 182 Å². The van der Waals surface area contributed by atoms with Gasteiger partial charge in [-0.1, -0.05) is 30.3 Å². The van der Waals surface area contributed by atoms with Crippen LogP contribution in [0, 0.1) is 0 Å². The van der Waals surface area contributed by atoms with E-state index in [0.29, 0.717) is 14.5 Å². The molecule has 8 aromatic carbocycles. The Morgan fingerprint density at radius 3 is 1.88 bits per heavy atom. The van der Waals surface area contributed by atoms with Crippen LogP contribution in [0.4, 0.5) is 17.1 Å². The first-order valence-corrected chi connectivity index (χ1v) is 18.4. The topological polar surface area (TPSA) is 8.17 Å². The van der Waals surface area contributed by atoms with E-state index in [2.05, 4.69) is 191 Å². The van der Waals surface area contributed by atoms with E-state index in [4.69, 9.17) is 0 Å². The van der Waals surface area contributed by atoms with E-state index in [0.717, 1.165) is 22.7 Å². The Labute approximate surface area is 290 Å². The Balaban J connectivity index is 1.18. The third kappa shape index (κ3) is 4.70. The van der Waals surface area contributed by atoms with E-state index in [-0.39, 0.29) is 0 Å². The molecule has 2 aromatic heterocycles. The van der Waals surface area contributed by atoms with Crippen molar-refractivity contribution in [2.45, 2.75) is 0 Å². The second-order valence-corrected chi connectivity index (χ2v) is 14.9. The number of hydrogen-bond acceptors (Lipinski definition) is 1. The van der Waals surface area contributed by atoms with Crippen molar-refractivity contribution < 1.29 is 0 Å². The normalized spacial score (nSPS) is 11.7. The number of benzene rings is 8. The van der Waals surface area contributed by atoms with Gasteiger partial charge in [0.1, 0.15) is 0 Å². The monoisotopic (exact) mass is 690 g/mol. The van der Waals surface area contributed by atoms with E-state index >= 15 is 0 Å². The van der Waals surface area contributed by atoms with Gasteiger partial charge in [-0.15, -0.1) is 0 Å². The fourth-order valence-electron chi connectivity index (χ4n) is 7.43. The molecule has 0 N–H and O–H groups in total. The summed E-state index contributed by atoms with van der Waals surface area (Å²) in [6.45, 7) is 0. The number of nitrogens with zero attached hydrogens (tertiary/aromatic N) is 2. The molecule has 0 atom stereocenters. The van der Waals surface area contributed by atoms with Crippen LogP contribution in [-0.2, 0) is 0 Å². The molecule has 10 aromatic rings. The zero-order valence-corrected chi connectivity index (χ0v) is 28.3. The maximum atomic E-state index is 2.42. The van der Waals surface area contributed by atoms with Crippen LogP contribution < -0.4 is 4.90 Å². The number of para-hydroxylation sites is 2. The molecule has 0 unspecified atom stereocenters. The summed E-state index contributed by atoms with van der Waals surface area (Å²) in [5.41, 5.74) is 9.41. The Morgan fingerprint density at radius 1 is 0.367 bits per heavy atom. The quantitative estimate of drug-likeness (QED) is 0.163. The van der Waals surface area contributed by atoms with Crippen LogP contribution >= 0.6 is 0 Å². The van der Waals surface area contributed by atoms with Gasteiger partial charge in [0, 0.05) is 0 Å².